The van der Waals surface area contributed by atoms with E-state index in [-0.39, 0.29) is 4.75 Å². The van der Waals surface area contributed by atoms with Crippen molar-refractivity contribution in [1.82, 2.24) is 10.3 Å². The third-order valence-corrected chi connectivity index (χ3v) is 6.28. The molecule has 2 aromatic rings. The SMILES string of the molecule is CC(Cc1nc2ccccc2s1)NCCS(=O)C(C)(C)C. The Balaban J connectivity index is 1.82. The molecule has 2 atom stereocenters. The molecule has 21 heavy (non-hydrogen) atoms. The molecule has 1 heterocycles. The Bertz CT molecular complexity index is 583. The standard InChI is InChI=1S/C16H24N2OS2/c1-12(17-9-10-21(19)16(2,3)4)11-15-18-13-7-5-6-8-14(13)20-15/h5-8,12,17H,9-11H2,1-4H3. The minimum absolute atomic E-state index is 0.127. The largest absolute Gasteiger partial charge is 0.313 e. The predicted molar refractivity (Wildman–Crippen MR) is 93.6 cm³/mol. The van der Waals surface area contributed by atoms with Crippen molar-refractivity contribution in [3.05, 3.63) is 29.3 Å². The van der Waals surface area contributed by atoms with Gasteiger partial charge >= 0.3 is 0 Å². The molecule has 1 aromatic carbocycles. The van der Waals surface area contributed by atoms with E-state index in [1.54, 1.807) is 11.3 Å². The molecule has 0 fully saturated rings. The highest BCUT2D eigenvalue weighted by Gasteiger charge is 2.18. The second-order valence-electron chi connectivity index (χ2n) is 6.30. The summed E-state index contributed by atoms with van der Waals surface area (Å²) in [6, 6.07) is 8.59. The van der Waals surface area contributed by atoms with Crippen LogP contribution in [0, 0.1) is 0 Å². The summed E-state index contributed by atoms with van der Waals surface area (Å²) in [7, 11) is -0.788. The van der Waals surface area contributed by atoms with Crippen molar-refractivity contribution in [2.75, 3.05) is 12.3 Å². The lowest BCUT2D eigenvalue weighted by atomic mass is 10.2. The van der Waals surface area contributed by atoms with Gasteiger partial charge in [-0.1, -0.05) is 12.1 Å². The predicted octanol–water partition coefficient (Wildman–Crippen LogP) is 3.36. The summed E-state index contributed by atoms with van der Waals surface area (Å²) in [6.45, 7) is 9.01. The maximum Gasteiger partial charge on any atom is 0.0954 e. The van der Waals surface area contributed by atoms with Crippen LogP contribution in [0.2, 0.25) is 0 Å². The van der Waals surface area contributed by atoms with E-state index in [2.05, 4.69) is 29.4 Å². The molecular formula is C16H24N2OS2. The van der Waals surface area contributed by atoms with Crippen molar-refractivity contribution in [2.24, 2.45) is 0 Å². The normalized spacial score (nSPS) is 15.2. The molecule has 5 heteroatoms. The number of hydrogen-bond acceptors (Lipinski definition) is 4. The summed E-state index contributed by atoms with van der Waals surface area (Å²) in [5.41, 5.74) is 1.08. The summed E-state index contributed by atoms with van der Waals surface area (Å²) >= 11 is 1.76. The molecule has 3 nitrogen and oxygen atoms in total. The van der Waals surface area contributed by atoms with Crippen LogP contribution in [0.15, 0.2) is 24.3 Å². The number of nitrogens with zero attached hydrogens (tertiary/aromatic N) is 1. The molecular weight excluding hydrogens is 300 g/mol. The highest BCUT2D eigenvalue weighted by atomic mass is 32.2. The van der Waals surface area contributed by atoms with Crippen LogP contribution in [0.25, 0.3) is 10.2 Å². The quantitative estimate of drug-likeness (QED) is 0.886. The van der Waals surface area contributed by atoms with Gasteiger partial charge in [-0.15, -0.1) is 11.3 Å². The topological polar surface area (TPSA) is 42.0 Å². The Kier molecular flexibility index (Phi) is 5.52. The van der Waals surface area contributed by atoms with Gasteiger partial charge in [0.25, 0.3) is 0 Å². The molecule has 116 valence electrons. The maximum atomic E-state index is 12.0. The molecule has 1 N–H and O–H groups in total. The van der Waals surface area contributed by atoms with Crippen molar-refractivity contribution in [2.45, 2.75) is 44.9 Å². The van der Waals surface area contributed by atoms with Crippen LogP contribution in [-0.4, -0.2) is 32.3 Å². The van der Waals surface area contributed by atoms with Gasteiger partial charge in [-0.2, -0.15) is 0 Å². The molecule has 2 unspecified atom stereocenters. The van der Waals surface area contributed by atoms with Crippen LogP contribution < -0.4 is 5.32 Å². The Labute approximate surface area is 133 Å². The van der Waals surface area contributed by atoms with Crippen molar-refractivity contribution in [3.63, 3.8) is 0 Å². The van der Waals surface area contributed by atoms with Crippen molar-refractivity contribution < 1.29 is 4.21 Å². The van der Waals surface area contributed by atoms with Crippen LogP contribution in [0.1, 0.15) is 32.7 Å². The summed E-state index contributed by atoms with van der Waals surface area (Å²) in [4.78, 5) is 4.65. The van der Waals surface area contributed by atoms with Crippen LogP contribution in [0.5, 0.6) is 0 Å². The van der Waals surface area contributed by atoms with E-state index in [4.69, 9.17) is 0 Å². The minimum Gasteiger partial charge on any atom is -0.313 e. The Morgan fingerprint density at radius 2 is 2.05 bits per heavy atom. The fourth-order valence-corrected chi connectivity index (χ4v) is 4.06. The van der Waals surface area contributed by atoms with E-state index in [1.807, 2.05) is 32.9 Å². The van der Waals surface area contributed by atoms with Crippen molar-refractivity contribution in [3.8, 4) is 0 Å². The Hall–Kier alpha value is -0.780. The smallest absolute Gasteiger partial charge is 0.0954 e. The average Bonchev–Trinajstić information content (AvgIpc) is 2.79. The number of para-hydroxylation sites is 1. The number of aromatic nitrogens is 1. The van der Waals surface area contributed by atoms with Crippen LogP contribution in [-0.2, 0) is 17.2 Å². The molecule has 2 rings (SSSR count). The molecule has 0 aliphatic rings. The molecule has 0 saturated carbocycles. The van der Waals surface area contributed by atoms with E-state index < -0.39 is 10.8 Å². The van der Waals surface area contributed by atoms with Gasteiger partial charge in [0.05, 0.1) is 15.2 Å². The number of hydrogen-bond donors (Lipinski definition) is 1. The fourth-order valence-electron chi connectivity index (χ4n) is 2.05. The number of nitrogens with one attached hydrogen (secondary N) is 1. The van der Waals surface area contributed by atoms with Gasteiger partial charge in [0, 0.05) is 40.3 Å². The first-order chi connectivity index (χ1) is 9.86. The van der Waals surface area contributed by atoms with Gasteiger partial charge in [-0.3, -0.25) is 4.21 Å². The summed E-state index contributed by atoms with van der Waals surface area (Å²) in [5, 5.41) is 4.61. The molecule has 0 bridgehead atoms. The van der Waals surface area contributed by atoms with E-state index in [1.165, 1.54) is 4.70 Å². The Morgan fingerprint density at radius 1 is 1.33 bits per heavy atom. The third kappa shape index (κ3) is 4.87. The summed E-state index contributed by atoms with van der Waals surface area (Å²) in [5.74, 6) is 0.702. The highest BCUT2D eigenvalue weighted by molar-refractivity contribution is 7.86. The zero-order chi connectivity index (χ0) is 15.5. The fraction of sp³-hybridized carbons (Fsp3) is 0.562. The Morgan fingerprint density at radius 3 is 2.71 bits per heavy atom. The van der Waals surface area contributed by atoms with E-state index in [0.717, 1.165) is 23.5 Å². The van der Waals surface area contributed by atoms with Crippen molar-refractivity contribution >= 4 is 32.4 Å². The molecule has 0 amide bonds. The molecule has 0 spiro atoms. The van der Waals surface area contributed by atoms with Gasteiger partial charge in [0.2, 0.25) is 0 Å². The molecule has 0 aliphatic heterocycles. The van der Waals surface area contributed by atoms with Gasteiger partial charge in [-0.25, -0.2) is 4.98 Å². The number of rotatable bonds is 6. The van der Waals surface area contributed by atoms with Gasteiger partial charge in [0.15, 0.2) is 0 Å². The zero-order valence-electron chi connectivity index (χ0n) is 13.2. The molecule has 0 aliphatic carbocycles. The van der Waals surface area contributed by atoms with Gasteiger partial charge in [0.1, 0.15) is 0 Å². The second-order valence-corrected chi connectivity index (χ2v) is 9.74. The lowest BCUT2D eigenvalue weighted by molar-refractivity contribution is 0.561. The van der Waals surface area contributed by atoms with E-state index in [0.29, 0.717) is 11.8 Å². The van der Waals surface area contributed by atoms with E-state index >= 15 is 0 Å². The first kappa shape index (κ1) is 16.6. The number of thiazole rings is 1. The lowest BCUT2D eigenvalue weighted by Crippen LogP contribution is -2.34. The van der Waals surface area contributed by atoms with Crippen LogP contribution in [0.3, 0.4) is 0 Å². The van der Waals surface area contributed by atoms with Gasteiger partial charge < -0.3 is 5.32 Å². The second kappa shape index (κ2) is 6.99. The molecule has 1 aromatic heterocycles. The summed E-state index contributed by atoms with van der Waals surface area (Å²) in [6.07, 6.45) is 0.918. The van der Waals surface area contributed by atoms with Crippen LogP contribution >= 0.6 is 11.3 Å². The first-order valence-corrected chi connectivity index (χ1v) is 9.46. The third-order valence-electron chi connectivity index (χ3n) is 3.28. The van der Waals surface area contributed by atoms with E-state index in [9.17, 15) is 4.21 Å². The lowest BCUT2D eigenvalue weighted by Gasteiger charge is -2.19. The number of benzene rings is 1. The average molecular weight is 325 g/mol. The monoisotopic (exact) mass is 324 g/mol. The van der Waals surface area contributed by atoms with Gasteiger partial charge in [-0.05, 0) is 39.8 Å². The maximum absolute atomic E-state index is 12.0. The highest BCUT2D eigenvalue weighted by Crippen LogP contribution is 2.22. The first-order valence-electron chi connectivity index (χ1n) is 7.32. The summed E-state index contributed by atoms with van der Waals surface area (Å²) < 4.78 is 13.1. The van der Waals surface area contributed by atoms with Crippen LogP contribution in [0.4, 0.5) is 0 Å². The molecule has 0 saturated heterocycles. The number of fused-ring (bicyclic) bond motifs is 1. The minimum atomic E-state index is -0.788. The molecule has 0 radical (unpaired) electrons. The van der Waals surface area contributed by atoms with Crippen molar-refractivity contribution in [1.29, 1.82) is 0 Å². The zero-order valence-corrected chi connectivity index (χ0v) is 14.8.